The summed E-state index contributed by atoms with van der Waals surface area (Å²) < 4.78 is 5.57. The highest BCUT2D eigenvalue weighted by molar-refractivity contribution is 5.92. The van der Waals surface area contributed by atoms with E-state index in [2.05, 4.69) is 12.2 Å². The zero-order chi connectivity index (χ0) is 18.5. The normalized spacial score (nSPS) is 10.5. The van der Waals surface area contributed by atoms with Crippen LogP contribution in [-0.4, -0.2) is 17.4 Å². The first-order valence-corrected chi connectivity index (χ1v) is 9.29. The highest BCUT2D eigenvalue weighted by Gasteiger charge is 2.14. The number of anilines is 1. The molecule has 1 aromatic rings. The maximum Gasteiger partial charge on any atom is 0.271 e. The number of amides is 1. The molecule has 1 rings (SSSR count). The van der Waals surface area contributed by atoms with Crippen LogP contribution in [0.1, 0.15) is 71.6 Å². The predicted octanol–water partition coefficient (Wildman–Crippen LogP) is 5.46. The van der Waals surface area contributed by atoms with Gasteiger partial charge in [-0.1, -0.05) is 52.4 Å². The van der Waals surface area contributed by atoms with Gasteiger partial charge in [0.15, 0.2) is 0 Å². The molecule has 0 unspecified atom stereocenters. The van der Waals surface area contributed by atoms with Crippen LogP contribution in [0.25, 0.3) is 0 Å². The molecule has 0 aliphatic rings. The number of hydrogen-bond acceptors (Lipinski definition) is 4. The molecular weight excluding hydrogens is 320 g/mol. The number of nitro benzene ring substituents is 1. The van der Waals surface area contributed by atoms with Gasteiger partial charge in [-0.2, -0.15) is 0 Å². The zero-order valence-electron chi connectivity index (χ0n) is 15.4. The Labute approximate surface area is 150 Å². The second kappa shape index (κ2) is 12.3. The van der Waals surface area contributed by atoms with Gasteiger partial charge < -0.3 is 10.1 Å². The minimum atomic E-state index is -0.477. The summed E-state index contributed by atoms with van der Waals surface area (Å²) in [7, 11) is 0. The number of carbonyl (C=O) groups excluding carboxylic acids is 1. The third-order valence-corrected chi connectivity index (χ3v) is 3.92. The number of ether oxygens (including phenoxy) is 1. The van der Waals surface area contributed by atoms with Crippen LogP contribution in [-0.2, 0) is 4.79 Å². The van der Waals surface area contributed by atoms with Crippen molar-refractivity contribution in [3.05, 3.63) is 28.3 Å². The molecule has 0 spiro atoms. The van der Waals surface area contributed by atoms with Gasteiger partial charge in [0.2, 0.25) is 5.91 Å². The first-order chi connectivity index (χ1) is 12.1. The molecule has 6 heteroatoms. The highest BCUT2D eigenvalue weighted by atomic mass is 16.6. The van der Waals surface area contributed by atoms with Crippen LogP contribution >= 0.6 is 0 Å². The van der Waals surface area contributed by atoms with Crippen molar-refractivity contribution in [3.8, 4) is 5.75 Å². The monoisotopic (exact) mass is 350 g/mol. The lowest BCUT2D eigenvalue weighted by molar-refractivity contribution is -0.384. The molecule has 1 amide bonds. The van der Waals surface area contributed by atoms with Gasteiger partial charge in [-0.05, 0) is 18.9 Å². The van der Waals surface area contributed by atoms with Crippen molar-refractivity contribution in [2.75, 3.05) is 11.9 Å². The van der Waals surface area contributed by atoms with Crippen LogP contribution in [0.5, 0.6) is 5.75 Å². The fourth-order valence-corrected chi connectivity index (χ4v) is 2.52. The zero-order valence-corrected chi connectivity index (χ0v) is 15.4. The molecule has 0 fully saturated rings. The summed E-state index contributed by atoms with van der Waals surface area (Å²) >= 11 is 0. The Morgan fingerprint density at radius 1 is 1.08 bits per heavy atom. The number of benzene rings is 1. The van der Waals surface area contributed by atoms with Crippen LogP contribution in [0.2, 0.25) is 0 Å². The molecule has 0 aliphatic carbocycles. The van der Waals surface area contributed by atoms with Crippen molar-refractivity contribution >= 4 is 17.3 Å². The van der Waals surface area contributed by atoms with E-state index < -0.39 is 4.92 Å². The van der Waals surface area contributed by atoms with E-state index in [9.17, 15) is 14.9 Å². The second-order valence-corrected chi connectivity index (χ2v) is 6.21. The second-order valence-electron chi connectivity index (χ2n) is 6.21. The Kier molecular flexibility index (Phi) is 10.3. The van der Waals surface area contributed by atoms with Gasteiger partial charge in [0.05, 0.1) is 17.2 Å². The van der Waals surface area contributed by atoms with Gasteiger partial charge in [-0.25, -0.2) is 0 Å². The van der Waals surface area contributed by atoms with Gasteiger partial charge in [0.1, 0.15) is 5.75 Å². The molecule has 0 radical (unpaired) electrons. The molecule has 6 nitrogen and oxygen atoms in total. The predicted molar refractivity (Wildman–Crippen MR) is 100 cm³/mol. The molecule has 0 aliphatic heterocycles. The quantitative estimate of drug-likeness (QED) is 0.291. The number of non-ortho nitro benzene ring substituents is 1. The van der Waals surface area contributed by atoms with Crippen LogP contribution in [0.15, 0.2) is 18.2 Å². The fourth-order valence-electron chi connectivity index (χ4n) is 2.52. The number of carbonyl (C=O) groups is 1. The van der Waals surface area contributed by atoms with Gasteiger partial charge >= 0.3 is 0 Å². The van der Waals surface area contributed by atoms with E-state index in [-0.39, 0.29) is 11.6 Å². The molecule has 0 heterocycles. The molecule has 0 saturated carbocycles. The molecule has 140 valence electrons. The summed E-state index contributed by atoms with van der Waals surface area (Å²) in [4.78, 5) is 22.6. The van der Waals surface area contributed by atoms with Gasteiger partial charge in [0, 0.05) is 18.6 Å². The molecule has 0 atom stereocenters. The maximum atomic E-state index is 12.1. The van der Waals surface area contributed by atoms with Crippen molar-refractivity contribution in [3.63, 3.8) is 0 Å². The maximum absolute atomic E-state index is 12.1. The van der Waals surface area contributed by atoms with Gasteiger partial charge in [-0.15, -0.1) is 0 Å². The lowest BCUT2D eigenvalue weighted by Crippen LogP contribution is -2.12. The van der Waals surface area contributed by atoms with Crippen molar-refractivity contribution in [2.24, 2.45) is 0 Å². The Balaban J connectivity index is 2.50. The third-order valence-electron chi connectivity index (χ3n) is 3.92. The topological polar surface area (TPSA) is 81.5 Å². The number of nitro groups is 1. The first-order valence-electron chi connectivity index (χ1n) is 9.29. The van der Waals surface area contributed by atoms with Crippen LogP contribution in [0.4, 0.5) is 11.4 Å². The van der Waals surface area contributed by atoms with Crippen LogP contribution in [0, 0.1) is 10.1 Å². The average Bonchev–Trinajstić information content (AvgIpc) is 2.59. The molecule has 0 saturated heterocycles. The van der Waals surface area contributed by atoms with E-state index in [1.54, 1.807) is 0 Å². The van der Waals surface area contributed by atoms with Crippen molar-refractivity contribution < 1.29 is 14.5 Å². The summed E-state index contributed by atoms with van der Waals surface area (Å²) in [5.74, 6) is 0.343. The number of hydrogen-bond donors (Lipinski definition) is 1. The molecule has 0 bridgehead atoms. The summed E-state index contributed by atoms with van der Waals surface area (Å²) in [5, 5.41) is 13.7. The number of nitrogens with zero attached hydrogens (tertiary/aromatic N) is 1. The van der Waals surface area contributed by atoms with Crippen molar-refractivity contribution in [1.29, 1.82) is 0 Å². The highest BCUT2D eigenvalue weighted by Crippen LogP contribution is 2.29. The third kappa shape index (κ3) is 8.52. The van der Waals surface area contributed by atoms with E-state index in [1.807, 2.05) is 6.92 Å². The molecule has 25 heavy (non-hydrogen) atoms. The minimum absolute atomic E-state index is 0.0601. The standard InChI is InChI=1S/C19H30N2O4/c1-3-5-6-7-8-9-10-11-19(22)20-17-15-16(21(23)24)12-13-18(17)25-14-4-2/h12-13,15H,3-11,14H2,1-2H3,(H,20,22). The molecule has 1 aromatic carbocycles. The Hall–Kier alpha value is -2.11. The Bertz CT molecular complexity index is 546. The number of unbranched alkanes of at least 4 members (excludes halogenated alkanes) is 6. The smallest absolute Gasteiger partial charge is 0.271 e. The summed E-state index contributed by atoms with van der Waals surface area (Å²) in [6, 6.07) is 4.28. The van der Waals surface area contributed by atoms with E-state index in [1.165, 1.54) is 43.9 Å². The van der Waals surface area contributed by atoms with E-state index in [0.717, 1.165) is 25.7 Å². The lowest BCUT2D eigenvalue weighted by atomic mass is 10.1. The minimum Gasteiger partial charge on any atom is -0.491 e. The Morgan fingerprint density at radius 3 is 2.40 bits per heavy atom. The summed E-state index contributed by atoms with van der Waals surface area (Å²) in [6.07, 6.45) is 9.23. The first kappa shape index (κ1) is 20.9. The number of rotatable bonds is 13. The molecule has 0 aromatic heterocycles. The van der Waals surface area contributed by atoms with E-state index in [4.69, 9.17) is 4.74 Å². The molecule has 1 N–H and O–H groups in total. The lowest BCUT2D eigenvalue weighted by Gasteiger charge is -2.12. The SMILES string of the molecule is CCCCCCCCCC(=O)Nc1cc([N+](=O)[O-])ccc1OCCC. The number of nitrogens with one attached hydrogen (secondary N) is 1. The van der Waals surface area contributed by atoms with E-state index >= 15 is 0 Å². The van der Waals surface area contributed by atoms with Gasteiger partial charge in [0.25, 0.3) is 5.69 Å². The fraction of sp³-hybridized carbons (Fsp3) is 0.632. The van der Waals surface area contributed by atoms with Crippen LogP contribution < -0.4 is 10.1 Å². The average molecular weight is 350 g/mol. The molecular formula is C19H30N2O4. The summed E-state index contributed by atoms with van der Waals surface area (Å²) in [6.45, 7) is 4.67. The van der Waals surface area contributed by atoms with E-state index in [0.29, 0.717) is 24.5 Å². The van der Waals surface area contributed by atoms with Crippen molar-refractivity contribution in [2.45, 2.75) is 71.6 Å². The van der Waals surface area contributed by atoms with Crippen LogP contribution in [0.3, 0.4) is 0 Å². The van der Waals surface area contributed by atoms with Crippen molar-refractivity contribution in [1.82, 2.24) is 0 Å². The Morgan fingerprint density at radius 2 is 1.76 bits per heavy atom. The summed E-state index contributed by atoms with van der Waals surface area (Å²) in [5.41, 5.74) is 0.311. The largest absolute Gasteiger partial charge is 0.491 e. The van der Waals surface area contributed by atoms with Gasteiger partial charge in [-0.3, -0.25) is 14.9 Å².